The molecule has 0 unspecified atom stereocenters. The van der Waals surface area contributed by atoms with E-state index < -0.39 is 0 Å². The lowest BCUT2D eigenvalue weighted by Crippen LogP contribution is -2.08. The maximum absolute atomic E-state index is 5.55. The van der Waals surface area contributed by atoms with Gasteiger partial charge < -0.3 is 14.0 Å². The molecular weight excluding hydrogens is 322 g/mol. The minimum Gasteiger partial charge on any atom is -0.496 e. The van der Waals surface area contributed by atoms with Crippen LogP contribution in [0.25, 0.3) is 10.2 Å². The number of rotatable bonds is 5. The highest BCUT2D eigenvalue weighted by molar-refractivity contribution is 7.16. The van der Waals surface area contributed by atoms with Gasteiger partial charge >= 0.3 is 0 Å². The van der Waals surface area contributed by atoms with Crippen LogP contribution >= 0.6 is 11.3 Å². The Morgan fingerprint density at radius 1 is 1.21 bits per heavy atom. The molecule has 0 atom stereocenters. The first-order chi connectivity index (χ1) is 11.7. The second-order valence-corrected chi connectivity index (χ2v) is 6.10. The minimum absolute atomic E-state index is 0.656. The molecule has 124 valence electrons. The summed E-state index contributed by atoms with van der Waals surface area (Å²) in [6, 6.07) is 13.8. The molecule has 0 saturated heterocycles. The van der Waals surface area contributed by atoms with Gasteiger partial charge in [0.25, 0.3) is 0 Å². The molecule has 0 amide bonds. The number of hydrogen-bond donors (Lipinski definition) is 0. The lowest BCUT2D eigenvalue weighted by molar-refractivity contribution is 0.341. The molecule has 0 fully saturated rings. The quantitative estimate of drug-likeness (QED) is 0.526. The number of nitrogens with zero attached hydrogens (tertiary/aromatic N) is 3. The van der Waals surface area contributed by atoms with Crippen molar-refractivity contribution in [1.82, 2.24) is 4.57 Å². The number of para-hydroxylation sites is 1. The first-order valence-electron chi connectivity index (χ1n) is 7.65. The number of thiazole rings is 1. The van der Waals surface area contributed by atoms with Crippen LogP contribution in [-0.2, 0) is 7.05 Å². The van der Waals surface area contributed by atoms with Crippen LogP contribution in [-0.4, -0.2) is 24.5 Å². The third-order valence-electron chi connectivity index (χ3n) is 3.57. The van der Waals surface area contributed by atoms with Crippen LogP contribution in [0.2, 0.25) is 0 Å². The second-order valence-electron chi connectivity index (χ2n) is 5.09. The lowest BCUT2D eigenvalue weighted by atomic mass is 10.2. The highest BCUT2D eigenvalue weighted by Crippen LogP contribution is 2.22. The molecule has 0 radical (unpaired) electrons. The zero-order valence-electron chi connectivity index (χ0n) is 13.9. The van der Waals surface area contributed by atoms with Gasteiger partial charge in [0, 0.05) is 12.6 Å². The van der Waals surface area contributed by atoms with Crippen LogP contribution < -0.4 is 14.3 Å². The van der Waals surface area contributed by atoms with E-state index in [1.54, 1.807) is 24.7 Å². The average Bonchev–Trinajstić information content (AvgIpc) is 2.91. The van der Waals surface area contributed by atoms with Crippen molar-refractivity contribution in [2.45, 2.75) is 6.92 Å². The van der Waals surface area contributed by atoms with Crippen LogP contribution in [0.3, 0.4) is 0 Å². The summed E-state index contributed by atoms with van der Waals surface area (Å²) in [7, 11) is 3.63. The van der Waals surface area contributed by atoms with Gasteiger partial charge in [-0.05, 0) is 37.3 Å². The van der Waals surface area contributed by atoms with Crippen molar-refractivity contribution in [2.75, 3.05) is 13.7 Å². The van der Waals surface area contributed by atoms with E-state index in [-0.39, 0.29) is 0 Å². The van der Waals surface area contributed by atoms with E-state index in [9.17, 15) is 0 Å². The molecule has 24 heavy (non-hydrogen) atoms. The SMILES string of the molecule is CCOc1ccc2c(c1)sc(=NN=Cc1ccccc1OC)n2C. The van der Waals surface area contributed by atoms with Gasteiger partial charge in [0.05, 0.1) is 30.1 Å². The van der Waals surface area contributed by atoms with Crippen molar-refractivity contribution in [3.8, 4) is 11.5 Å². The van der Waals surface area contributed by atoms with E-state index in [1.165, 1.54) is 0 Å². The third kappa shape index (κ3) is 3.33. The van der Waals surface area contributed by atoms with Crippen molar-refractivity contribution in [1.29, 1.82) is 0 Å². The molecule has 5 nitrogen and oxygen atoms in total. The van der Waals surface area contributed by atoms with Crippen LogP contribution in [0.1, 0.15) is 12.5 Å². The number of aryl methyl sites for hydroxylation is 1. The molecule has 3 aromatic rings. The van der Waals surface area contributed by atoms with Crippen LogP contribution in [0.5, 0.6) is 11.5 Å². The Bertz CT molecular complexity index is 941. The predicted molar refractivity (Wildman–Crippen MR) is 98.1 cm³/mol. The Labute approximate surface area is 144 Å². The Balaban J connectivity index is 1.95. The number of fused-ring (bicyclic) bond motifs is 1. The fraction of sp³-hybridized carbons (Fsp3) is 0.222. The zero-order chi connectivity index (χ0) is 16.9. The summed E-state index contributed by atoms with van der Waals surface area (Å²) in [6.45, 7) is 2.63. The topological polar surface area (TPSA) is 48.1 Å². The molecule has 1 heterocycles. The van der Waals surface area contributed by atoms with Gasteiger partial charge in [-0.15, -0.1) is 5.10 Å². The normalized spacial score (nSPS) is 12.2. The first kappa shape index (κ1) is 16.3. The molecule has 0 bridgehead atoms. The largest absolute Gasteiger partial charge is 0.496 e. The molecule has 0 aliphatic heterocycles. The highest BCUT2D eigenvalue weighted by Gasteiger charge is 2.04. The van der Waals surface area contributed by atoms with Crippen molar-refractivity contribution in [3.63, 3.8) is 0 Å². The highest BCUT2D eigenvalue weighted by atomic mass is 32.1. The summed E-state index contributed by atoms with van der Waals surface area (Å²) >= 11 is 1.58. The van der Waals surface area contributed by atoms with Crippen molar-refractivity contribution < 1.29 is 9.47 Å². The van der Waals surface area contributed by atoms with Gasteiger partial charge in [0.15, 0.2) is 0 Å². The Kier molecular flexibility index (Phi) is 4.96. The van der Waals surface area contributed by atoms with E-state index in [0.29, 0.717) is 6.61 Å². The summed E-state index contributed by atoms with van der Waals surface area (Å²) in [4.78, 5) is 0.824. The first-order valence-corrected chi connectivity index (χ1v) is 8.47. The molecule has 0 aliphatic carbocycles. The summed E-state index contributed by atoms with van der Waals surface area (Å²) in [5, 5.41) is 8.56. The minimum atomic E-state index is 0.656. The third-order valence-corrected chi connectivity index (χ3v) is 4.66. The average molecular weight is 341 g/mol. The molecule has 2 aromatic carbocycles. The molecule has 1 aromatic heterocycles. The smallest absolute Gasteiger partial charge is 0.211 e. The Morgan fingerprint density at radius 2 is 2.04 bits per heavy atom. The van der Waals surface area contributed by atoms with E-state index in [2.05, 4.69) is 10.2 Å². The van der Waals surface area contributed by atoms with Gasteiger partial charge in [0.1, 0.15) is 11.5 Å². The fourth-order valence-electron chi connectivity index (χ4n) is 2.38. The molecular formula is C18H19N3O2S. The standard InChI is InChI=1S/C18H19N3O2S/c1-4-23-14-9-10-15-17(11-14)24-18(21(15)2)20-19-12-13-7-5-6-8-16(13)22-3/h5-12H,4H2,1-3H3. The maximum Gasteiger partial charge on any atom is 0.211 e. The van der Waals surface area contributed by atoms with Gasteiger partial charge in [-0.25, -0.2) is 0 Å². The van der Waals surface area contributed by atoms with Crippen LogP contribution in [0, 0.1) is 0 Å². The van der Waals surface area contributed by atoms with Crippen LogP contribution in [0.15, 0.2) is 52.7 Å². The van der Waals surface area contributed by atoms with Crippen molar-refractivity contribution >= 4 is 27.8 Å². The van der Waals surface area contributed by atoms with Gasteiger partial charge in [0.2, 0.25) is 4.80 Å². The Hall–Kier alpha value is -2.60. The van der Waals surface area contributed by atoms with E-state index >= 15 is 0 Å². The number of ether oxygens (including phenoxy) is 2. The molecule has 0 saturated carbocycles. The monoisotopic (exact) mass is 341 g/mol. The summed E-state index contributed by atoms with van der Waals surface area (Å²) in [5.41, 5.74) is 2.00. The predicted octanol–water partition coefficient (Wildman–Crippen LogP) is 3.58. The Morgan fingerprint density at radius 3 is 2.83 bits per heavy atom. The number of aromatic nitrogens is 1. The summed E-state index contributed by atoms with van der Waals surface area (Å²) < 4.78 is 14.0. The van der Waals surface area contributed by atoms with E-state index in [1.807, 2.05) is 61.0 Å². The molecule has 0 aliphatic rings. The van der Waals surface area contributed by atoms with Crippen molar-refractivity contribution in [3.05, 3.63) is 52.8 Å². The van der Waals surface area contributed by atoms with Crippen molar-refractivity contribution in [2.24, 2.45) is 17.3 Å². The number of hydrogen-bond acceptors (Lipinski definition) is 5. The van der Waals surface area contributed by atoms with E-state index in [4.69, 9.17) is 9.47 Å². The molecule has 0 spiro atoms. The summed E-state index contributed by atoms with van der Waals surface area (Å²) in [5.74, 6) is 1.65. The molecule has 3 rings (SSSR count). The number of benzene rings is 2. The maximum atomic E-state index is 5.55. The summed E-state index contributed by atoms with van der Waals surface area (Å²) in [6.07, 6.45) is 1.70. The molecule has 0 N–H and O–H groups in total. The van der Waals surface area contributed by atoms with E-state index in [0.717, 1.165) is 32.1 Å². The second kappa shape index (κ2) is 7.31. The molecule has 6 heteroatoms. The lowest BCUT2D eigenvalue weighted by Gasteiger charge is -2.02. The van der Waals surface area contributed by atoms with Gasteiger partial charge in [-0.1, -0.05) is 23.5 Å². The zero-order valence-corrected chi connectivity index (χ0v) is 14.7. The van der Waals surface area contributed by atoms with Crippen LogP contribution in [0.4, 0.5) is 0 Å². The van der Waals surface area contributed by atoms with Gasteiger partial charge in [-0.2, -0.15) is 5.10 Å². The fourth-order valence-corrected chi connectivity index (χ4v) is 3.39. The number of methoxy groups -OCH3 is 1. The van der Waals surface area contributed by atoms with Gasteiger partial charge in [-0.3, -0.25) is 0 Å².